The summed E-state index contributed by atoms with van der Waals surface area (Å²) in [6.07, 6.45) is 0.677. The van der Waals surface area contributed by atoms with Crippen LogP contribution in [0.1, 0.15) is 12.5 Å². The molecule has 148 valence electrons. The normalized spacial score (nSPS) is 10.9. The molecule has 0 spiro atoms. The molecule has 2 rings (SSSR count). The first kappa shape index (κ1) is 20.9. The van der Waals surface area contributed by atoms with Gasteiger partial charge in [-0.05, 0) is 42.8 Å². The van der Waals surface area contributed by atoms with Gasteiger partial charge in [0.15, 0.2) is 11.5 Å². The fourth-order valence-electron chi connectivity index (χ4n) is 2.50. The number of carbonyl (C=O) groups excluding carboxylic acids is 2. The minimum absolute atomic E-state index is 0.280. The second-order valence-electron chi connectivity index (χ2n) is 5.86. The van der Waals surface area contributed by atoms with Crippen LogP contribution in [0.15, 0.2) is 47.6 Å². The van der Waals surface area contributed by atoms with Crippen molar-refractivity contribution in [2.45, 2.75) is 13.3 Å². The smallest absolute Gasteiger partial charge is 0.279 e. The Hall–Kier alpha value is -3.39. The molecule has 8 nitrogen and oxygen atoms in total. The summed E-state index contributed by atoms with van der Waals surface area (Å²) in [6, 6.07) is 12.4. The highest BCUT2D eigenvalue weighted by atomic mass is 16.5. The molecule has 0 aliphatic heterocycles. The number of hydrogen-bond acceptors (Lipinski definition) is 7. The lowest BCUT2D eigenvalue weighted by atomic mass is 10.1. The summed E-state index contributed by atoms with van der Waals surface area (Å²) in [5.41, 5.74) is 10.00. The summed E-state index contributed by atoms with van der Waals surface area (Å²) in [4.78, 5) is 24.5. The molecule has 0 aromatic heterocycles. The van der Waals surface area contributed by atoms with E-state index in [0.29, 0.717) is 35.8 Å². The molecule has 0 atom stereocenters. The van der Waals surface area contributed by atoms with Gasteiger partial charge in [0, 0.05) is 6.92 Å². The Labute approximate surface area is 163 Å². The molecule has 1 amide bonds. The van der Waals surface area contributed by atoms with E-state index in [1.165, 1.54) is 21.1 Å². The zero-order chi connectivity index (χ0) is 20.5. The number of amides is 1. The first-order valence-corrected chi connectivity index (χ1v) is 8.66. The number of rotatable bonds is 9. The van der Waals surface area contributed by atoms with Gasteiger partial charge in [-0.2, -0.15) is 5.10 Å². The number of nitrogens with two attached hydrogens (primary N) is 1. The van der Waals surface area contributed by atoms with Gasteiger partial charge in [-0.1, -0.05) is 18.2 Å². The molecule has 0 saturated carbocycles. The van der Waals surface area contributed by atoms with Crippen molar-refractivity contribution in [1.29, 1.82) is 0 Å². The molecule has 4 N–H and O–H groups in total. The average molecular weight is 384 g/mol. The van der Waals surface area contributed by atoms with Crippen LogP contribution in [-0.4, -0.2) is 38.2 Å². The highest BCUT2D eigenvalue weighted by Crippen LogP contribution is 2.26. The number of ketones is 1. The second-order valence-corrected chi connectivity index (χ2v) is 5.86. The molecule has 2 aromatic rings. The van der Waals surface area contributed by atoms with Gasteiger partial charge in [-0.15, -0.1) is 0 Å². The number of ether oxygens (including phenoxy) is 2. The molecule has 0 heterocycles. The number of Topliss-reactive ketones (excluding diaryl/α,β-unsaturated/α-hetero) is 1. The van der Waals surface area contributed by atoms with Crippen molar-refractivity contribution in [3.8, 4) is 11.5 Å². The minimum atomic E-state index is -0.651. The van der Waals surface area contributed by atoms with Crippen LogP contribution < -0.4 is 25.9 Å². The standard InChI is InChI=1S/C20H24N4O4/c1-13(25)19(20(26)22-15-6-4-5-7-17(15)27-2)24-23-16-12-14(10-11-21)8-9-18(16)28-3/h4-9,12,23H,10-11,21H2,1-3H3,(H,22,26)/b24-19-. The van der Waals surface area contributed by atoms with E-state index in [9.17, 15) is 9.59 Å². The summed E-state index contributed by atoms with van der Waals surface area (Å²) in [6.45, 7) is 1.76. The molecule has 0 fully saturated rings. The first-order chi connectivity index (χ1) is 13.5. The lowest BCUT2D eigenvalue weighted by Gasteiger charge is -2.12. The van der Waals surface area contributed by atoms with Gasteiger partial charge in [0.1, 0.15) is 11.5 Å². The monoisotopic (exact) mass is 384 g/mol. The van der Waals surface area contributed by atoms with Gasteiger partial charge >= 0.3 is 0 Å². The van der Waals surface area contributed by atoms with E-state index in [4.69, 9.17) is 15.2 Å². The number of nitrogens with one attached hydrogen (secondary N) is 2. The SMILES string of the molecule is COc1ccc(CCN)cc1N/N=C(/C(C)=O)C(=O)Nc1ccccc1OC. The zero-order valence-electron chi connectivity index (χ0n) is 16.1. The topological polar surface area (TPSA) is 115 Å². The number of hydrogen-bond donors (Lipinski definition) is 3. The maximum absolute atomic E-state index is 12.6. The lowest BCUT2D eigenvalue weighted by molar-refractivity contribution is -0.114. The van der Waals surface area contributed by atoms with Gasteiger partial charge < -0.3 is 20.5 Å². The Balaban J connectivity index is 2.26. The molecule has 0 unspecified atom stereocenters. The fraction of sp³-hybridized carbons (Fsp3) is 0.250. The van der Waals surface area contributed by atoms with Crippen LogP contribution in [0.4, 0.5) is 11.4 Å². The summed E-state index contributed by atoms with van der Waals surface area (Å²) in [5.74, 6) is -0.140. The molecule has 0 radical (unpaired) electrons. The average Bonchev–Trinajstić information content (AvgIpc) is 2.68. The Morgan fingerprint density at radius 1 is 1.04 bits per heavy atom. The van der Waals surface area contributed by atoms with Gasteiger partial charge in [0.2, 0.25) is 0 Å². The van der Waals surface area contributed by atoms with Crippen molar-refractivity contribution in [3.05, 3.63) is 48.0 Å². The van der Waals surface area contributed by atoms with Gasteiger partial charge in [0.05, 0.1) is 25.6 Å². The highest BCUT2D eigenvalue weighted by Gasteiger charge is 2.19. The third-order valence-corrected chi connectivity index (χ3v) is 3.89. The maximum Gasteiger partial charge on any atom is 0.279 e. The Bertz CT molecular complexity index is 880. The van der Waals surface area contributed by atoms with Crippen molar-refractivity contribution < 1.29 is 19.1 Å². The van der Waals surface area contributed by atoms with Gasteiger partial charge in [-0.25, -0.2) is 0 Å². The van der Waals surface area contributed by atoms with E-state index in [1.807, 2.05) is 12.1 Å². The Morgan fingerprint density at radius 2 is 1.71 bits per heavy atom. The molecule has 0 aliphatic carbocycles. The van der Waals surface area contributed by atoms with Crippen LogP contribution in [-0.2, 0) is 16.0 Å². The van der Waals surface area contributed by atoms with E-state index in [2.05, 4.69) is 15.8 Å². The van der Waals surface area contributed by atoms with Gasteiger partial charge in [-0.3, -0.25) is 15.0 Å². The molecular formula is C20H24N4O4. The van der Waals surface area contributed by atoms with Gasteiger partial charge in [0.25, 0.3) is 5.91 Å². The van der Waals surface area contributed by atoms with Crippen molar-refractivity contribution >= 4 is 28.8 Å². The van der Waals surface area contributed by atoms with Crippen LogP contribution in [0.25, 0.3) is 0 Å². The van der Waals surface area contributed by atoms with Crippen molar-refractivity contribution in [1.82, 2.24) is 0 Å². The third kappa shape index (κ3) is 5.31. The predicted octanol–water partition coefficient (Wildman–Crippen LogP) is 2.20. The molecule has 0 saturated heterocycles. The number of hydrazone groups is 1. The number of anilines is 2. The second kappa shape index (κ2) is 10.1. The van der Waals surface area contributed by atoms with Crippen LogP contribution >= 0.6 is 0 Å². The Morgan fingerprint density at radius 3 is 2.36 bits per heavy atom. The highest BCUT2D eigenvalue weighted by molar-refractivity contribution is 6.67. The van der Waals surface area contributed by atoms with E-state index in [0.717, 1.165) is 5.56 Å². The first-order valence-electron chi connectivity index (χ1n) is 8.66. The van der Waals surface area contributed by atoms with Crippen molar-refractivity contribution in [2.24, 2.45) is 10.8 Å². The van der Waals surface area contributed by atoms with E-state index >= 15 is 0 Å². The van der Waals surface area contributed by atoms with Crippen molar-refractivity contribution in [2.75, 3.05) is 31.5 Å². The molecular weight excluding hydrogens is 360 g/mol. The molecule has 0 aliphatic rings. The quantitative estimate of drug-likeness (QED) is 0.347. The van der Waals surface area contributed by atoms with Crippen LogP contribution in [0.5, 0.6) is 11.5 Å². The molecule has 0 bridgehead atoms. The van der Waals surface area contributed by atoms with E-state index < -0.39 is 11.7 Å². The van der Waals surface area contributed by atoms with Crippen LogP contribution in [0, 0.1) is 0 Å². The predicted molar refractivity (Wildman–Crippen MR) is 109 cm³/mol. The zero-order valence-corrected chi connectivity index (χ0v) is 16.1. The van der Waals surface area contributed by atoms with Crippen LogP contribution in [0.2, 0.25) is 0 Å². The third-order valence-electron chi connectivity index (χ3n) is 3.89. The summed E-state index contributed by atoms with van der Waals surface area (Å²) >= 11 is 0. The minimum Gasteiger partial charge on any atom is -0.495 e. The van der Waals surface area contributed by atoms with E-state index in [1.54, 1.807) is 30.3 Å². The molecule has 28 heavy (non-hydrogen) atoms. The van der Waals surface area contributed by atoms with Crippen molar-refractivity contribution in [3.63, 3.8) is 0 Å². The number of methoxy groups -OCH3 is 2. The summed E-state index contributed by atoms with van der Waals surface area (Å²) in [7, 11) is 3.01. The Kier molecular flexibility index (Phi) is 7.53. The number of benzene rings is 2. The maximum atomic E-state index is 12.6. The number of para-hydroxylation sites is 2. The number of nitrogens with zero attached hydrogens (tertiary/aromatic N) is 1. The summed E-state index contributed by atoms with van der Waals surface area (Å²) < 4.78 is 10.5. The summed E-state index contributed by atoms with van der Waals surface area (Å²) in [5, 5.41) is 6.64. The molecule has 2 aromatic carbocycles. The van der Waals surface area contributed by atoms with Crippen LogP contribution in [0.3, 0.4) is 0 Å². The lowest BCUT2D eigenvalue weighted by Crippen LogP contribution is -2.29. The molecule has 8 heteroatoms. The number of carbonyl (C=O) groups is 2. The van der Waals surface area contributed by atoms with E-state index in [-0.39, 0.29) is 5.71 Å². The fourth-order valence-corrected chi connectivity index (χ4v) is 2.50. The largest absolute Gasteiger partial charge is 0.495 e.